The molecule has 1 saturated heterocycles. The molecule has 1 aliphatic rings. The molecule has 8 nitrogen and oxygen atoms in total. The maximum absolute atomic E-state index is 13.0. The summed E-state index contributed by atoms with van der Waals surface area (Å²) in [6, 6.07) is 3.62. The van der Waals surface area contributed by atoms with Crippen LogP contribution in [0.2, 0.25) is 0 Å². The fourth-order valence-corrected chi connectivity index (χ4v) is 2.77. The van der Waals surface area contributed by atoms with Crippen LogP contribution in [0.4, 0.5) is 10.5 Å². The molecule has 1 heterocycles. The molecule has 0 saturated carbocycles. The number of nitrogens with two attached hydrogens (primary N) is 1. The molecule has 1 unspecified atom stereocenters. The van der Waals surface area contributed by atoms with Gasteiger partial charge in [0.15, 0.2) is 0 Å². The van der Waals surface area contributed by atoms with Crippen molar-refractivity contribution >= 4 is 37.0 Å². The third-order valence-electron chi connectivity index (χ3n) is 4.07. The summed E-state index contributed by atoms with van der Waals surface area (Å²) in [5, 5.41) is 0. The number of nitrogen functional groups attached to an aromatic ring is 1. The maximum Gasteiger partial charge on any atom is 0.410 e. The first-order valence-corrected chi connectivity index (χ1v) is 8.55. The van der Waals surface area contributed by atoms with E-state index < -0.39 is 29.6 Å². The Morgan fingerprint density at radius 3 is 2.48 bits per heavy atom. The standard InChI is InChI=1S/C18H24BN3O5/c1-18(2,3)27-17(25)21-7-8-22(14(10-21)16(24)26-4)15(23)12-9-11(19)5-6-13(12)20/h5-6,9,14H,7-8,10,20H2,1-4H3. The van der Waals surface area contributed by atoms with Gasteiger partial charge in [-0.25, -0.2) is 9.59 Å². The van der Waals surface area contributed by atoms with Crippen LogP contribution in [0.25, 0.3) is 0 Å². The monoisotopic (exact) mass is 373 g/mol. The van der Waals surface area contributed by atoms with E-state index in [0.29, 0.717) is 5.46 Å². The average molecular weight is 373 g/mol. The molecule has 0 aliphatic carbocycles. The molecule has 0 spiro atoms. The molecule has 1 aliphatic heterocycles. The molecule has 0 aromatic heterocycles. The van der Waals surface area contributed by atoms with Gasteiger partial charge in [0, 0.05) is 18.8 Å². The second kappa shape index (κ2) is 7.90. The van der Waals surface area contributed by atoms with E-state index in [2.05, 4.69) is 0 Å². The van der Waals surface area contributed by atoms with Gasteiger partial charge in [0.2, 0.25) is 0 Å². The third kappa shape index (κ3) is 4.93. The van der Waals surface area contributed by atoms with E-state index in [1.54, 1.807) is 26.8 Å². The fourth-order valence-electron chi connectivity index (χ4n) is 2.77. The van der Waals surface area contributed by atoms with E-state index in [1.807, 2.05) is 0 Å². The lowest BCUT2D eigenvalue weighted by molar-refractivity contribution is -0.147. The second-order valence-corrected chi connectivity index (χ2v) is 7.31. The van der Waals surface area contributed by atoms with Crippen molar-refractivity contribution in [1.82, 2.24) is 9.80 Å². The van der Waals surface area contributed by atoms with E-state index >= 15 is 0 Å². The number of benzene rings is 1. The van der Waals surface area contributed by atoms with Crippen LogP contribution in [0.3, 0.4) is 0 Å². The first-order chi connectivity index (χ1) is 12.5. The summed E-state index contributed by atoms with van der Waals surface area (Å²) in [7, 11) is 6.98. The van der Waals surface area contributed by atoms with Crippen LogP contribution in [0.15, 0.2) is 18.2 Å². The van der Waals surface area contributed by atoms with Crippen molar-refractivity contribution in [3.05, 3.63) is 23.8 Å². The molecular formula is C18H24BN3O5. The molecule has 2 radical (unpaired) electrons. The molecule has 0 bridgehead atoms. The lowest BCUT2D eigenvalue weighted by atomic mass is 9.93. The number of amides is 2. The summed E-state index contributed by atoms with van der Waals surface area (Å²) in [4.78, 5) is 40.3. The van der Waals surface area contributed by atoms with Crippen molar-refractivity contribution in [1.29, 1.82) is 0 Å². The minimum Gasteiger partial charge on any atom is -0.467 e. The highest BCUT2D eigenvalue weighted by molar-refractivity contribution is 6.33. The summed E-state index contributed by atoms with van der Waals surface area (Å²) < 4.78 is 10.2. The fraction of sp³-hybridized carbons (Fsp3) is 0.500. The smallest absolute Gasteiger partial charge is 0.410 e. The number of ether oxygens (including phenoxy) is 2. The first-order valence-electron chi connectivity index (χ1n) is 8.55. The van der Waals surface area contributed by atoms with E-state index in [9.17, 15) is 14.4 Å². The number of carbonyl (C=O) groups is 3. The zero-order valence-electron chi connectivity index (χ0n) is 16.0. The first kappa shape index (κ1) is 20.6. The van der Waals surface area contributed by atoms with Crippen LogP contribution >= 0.6 is 0 Å². The molecule has 144 valence electrons. The molecule has 1 aromatic rings. The number of nitrogens with zero attached hydrogens (tertiary/aromatic N) is 2. The largest absolute Gasteiger partial charge is 0.467 e. The van der Waals surface area contributed by atoms with E-state index in [0.717, 1.165) is 0 Å². The predicted octanol–water partition coefficient (Wildman–Crippen LogP) is 0.297. The topological polar surface area (TPSA) is 102 Å². The number of anilines is 1. The van der Waals surface area contributed by atoms with E-state index in [4.69, 9.17) is 23.1 Å². The highest BCUT2D eigenvalue weighted by Crippen LogP contribution is 2.20. The lowest BCUT2D eigenvalue weighted by Gasteiger charge is -2.40. The van der Waals surface area contributed by atoms with Gasteiger partial charge in [0.05, 0.1) is 19.2 Å². The SMILES string of the molecule is [B]c1ccc(N)c(C(=O)N2CCN(C(=O)OC(C)(C)C)CC2C(=O)OC)c1. The van der Waals surface area contributed by atoms with Crippen molar-refractivity contribution in [2.75, 3.05) is 32.5 Å². The Labute approximate surface area is 160 Å². The summed E-state index contributed by atoms with van der Waals surface area (Å²) >= 11 is 0. The molecule has 1 aromatic carbocycles. The van der Waals surface area contributed by atoms with Crippen LogP contribution < -0.4 is 11.2 Å². The highest BCUT2D eigenvalue weighted by atomic mass is 16.6. The number of piperazine rings is 1. The van der Waals surface area contributed by atoms with Crippen molar-refractivity contribution < 1.29 is 23.9 Å². The molecule has 2 N–H and O–H groups in total. The minimum atomic E-state index is -0.968. The number of hydrogen-bond acceptors (Lipinski definition) is 6. The van der Waals surface area contributed by atoms with Crippen molar-refractivity contribution in [2.24, 2.45) is 0 Å². The van der Waals surface area contributed by atoms with E-state index in [1.165, 1.54) is 29.0 Å². The van der Waals surface area contributed by atoms with Crippen LogP contribution in [-0.2, 0) is 14.3 Å². The Kier molecular flexibility index (Phi) is 6.03. The summed E-state index contributed by atoms with van der Waals surface area (Å²) in [5.74, 6) is -1.07. The van der Waals surface area contributed by atoms with Crippen LogP contribution in [0.1, 0.15) is 31.1 Å². The van der Waals surface area contributed by atoms with Gasteiger partial charge < -0.3 is 25.0 Å². The van der Waals surface area contributed by atoms with Crippen LogP contribution in [0, 0.1) is 0 Å². The number of rotatable bonds is 2. The molecule has 1 atom stereocenters. The zero-order chi connectivity index (χ0) is 20.4. The quantitative estimate of drug-likeness (QED) is 0.455. The molecule has 1 fully saturated rings. The van der Waals surface area contributed by atoms with Gasteiger partial charge in [-0.2, -0.15) is 0 Å². The van der Waals surface area contributed by atoms with Gasteiger partial charge in [0.25, 0.3) is 5.91 Å². The third-order valence-corrected chi connectivity index (χ3v) is 4.07. The summed E-state index contributed by atoms with van der Waals surface area (Å²) in [5.41, 5.74) is 6.07. The minimum absolute atomic E-state index is 0.0322. The number of esters is 1. The number of hydrogen-bond donors (Lipinski definition) is 1. The average Bonchev–Trinajstić information content (AvgIpc) is 2.60. The predicted molar refractivity (Wildman–Crippen MR) is 101 cm³/mol. The van der Waals surface area contributed by atoms with Gasteiger partial charge in [-0.05, 0) is 26.8 Å². The summed E-state index contributed by atoms with van der Waals surface area (Å²) in [6.45, 7) is 5.58. The van der Waals surface area contributed by atoms with Crippen molar-refractivity contribution in [2.45, 2.75) is 32.4 Å². The molecular weight excluding hydrogens is 349 g/mol. The van der Waals surface area contributed by atoms with Gasteiger partial charge in [0.1, 0.15) is 19.5 Å². The lowest BCUT2D eigenvalue weighted by Crippen LogP contribution is -2.60. The Morgan fingerprint density at radius 1 is 1.22 bits per heavy atom. The van der Waals surface area contributed by atoms with Crippen LogP contribution in [0.5, 0.6) is 0 Å². The Bertz CT molecular complexity index is 747. The Balaban J connectivity index is 2.25. The van der Waals surface area contributed by atoms with Crippen molar-refractivity contribution in [3.8, 4) is 0 Å². The van der Waals surface area contributed by atoms with Gasteiger partial charge >= 0.3 is 12.1 Å². The van der Waals surface area contributed by atoms with Crippen molar-refractivity contribution in [3.63, 3.8) is 0 Å². The van der Waals surface area contributed by atoms with Gasteiger partial charge in [-0.3, -0.25) is 4.79 Å². The maximum atomic E-state index is 13.0. The molecule has 9 heteroatoms. The Morgan fingerprint density at radius 2 is 1.89 bits per heavy atom. The molecule has 27 heavy (non-hydrogen) atoms. The van der Waals surface area contributed by atoms with E-state index in [-0.39, 0.29) is 30.9 Å². The zero-order valence-corrected chi connectivity index (χ0v) is 16.0. The molecule has 2 amide bonds. The molecule has 2 rings (SSSR count). The van der Waals surface area contributed by atoms with Gasteiger partial charge in [-0.15, -0.1) is 0 Å². The van der Waals surface area contributed by atoms with Gasteiger partial charge in [-0.1, -0.05) is 17.6 Å². The highest BCUT2D eigenvalue weighted by Gasteiger charge is 2.39. The summed E-state index contributed by atoms with van der Waals surface area (Å²) in [6.07, 6.45) is -0.549. The number of carbonyl (C=O) groups excluding carboxylic acids is 3. The number of methoxy groups -OCH3 is 1. The second-order valence-electron chi connectivity index (χ2n) is 7.31. The van der Waals surface area contributed by atoms with Crippen LogP contribution in [-0.4, -0.2) is 74.0 Å². The normalized spacial score (nSPS) is 17.4. The Hall–Kier alpha value is -2.71.